The number of carbonyl (C=O) groups is 4. The Labute approximate surface area is 921 Å². The highest BCUT2D eigenvalue weighted by molar-refractivity contribution is 8.24. The quantitative estimate of drug-likeness (QED) is 0.0438. The van der Waals surface area contributed by atoms with Crippen LogP contribution in [0.3, 0.4) is 0 Å². The highest BCUT2D eigenvalue weighted by atomic mass is 32.2. The lowest BCUT2D eigenvalue weighted by atomic mass is 10.0. The van der Waals surface area contributed by atoms with Crippen molar-refractivity contribution in [2.45, 2.75) is 341 Å². The van der Waals surface area contributed by atoms with Crippen LogP contribution in [-0.2, 0) is 52.4 Å². The lowest BCUT2D eigenvalue weighted by Crippen LogP contribution is -2.41. The van der Waals surface area contributed by atoms with Gasteiger partial charge in [0.05, 0.1) is 48.3 Å². The van der Waals surface area contributed by atoms with Gasteiger partial charge in [0, 0.05) is 89.8 Å². The van der Waals surface area contributed by atoms with Crippen molar-refractivity contribution in [1.29, 1.82) is 0 Å². The molecule has 10 aliphatic rings. The van der Waals surface area contributed by atoms with Crippen LogP contribution < -0.4 is 0 Å². The molecule has 10 fully saturated rings. The number of thiocarbonyl (C=S) groups is 6. The molecule has 146 heavy (non-hydrogen) atoms. The summed E-state index contributed by atoms with van der Waals surface area (Å²) in [5.74, 6) is 5.17. The molecule has 7 aromatic rings. The third-order valence-electron chi connectivity index (χ3n) is 26.4. The van der Waals surface area contributed by atoms with Crippen molar-refractivity contribution < 1.29 is 52.3 Å². The van der Waals surface area contributed by atoms with Gasteiger partial charge in [0.25, 0.3) is 15.5 Å². The molecule has 0 radical (unpaired) electrons. The summed E-state index contributed by atoms with van der Waals surface area (Å²) in [4.78, 5) is 66.9. The molecular weight excluding hydrogens is 2000 g/mol. The smallest absolute Gasteiger partial charge is 0.411 e. The highest BCUT2D eigenvalue weighted by Crippen LogP contribution is 2.40. The first-order valence-corrected chi connectivity index (χ1v) is 57.1. The molecule has 0 aliphatic carbocycles. The zero-order valence-electron chi connectivity index (χ0n) is 90.7. The van der Waals surface area contributed by atoms with Crippen LogP contribution in [0.2, 0.25) is 0 Å². The maximum absolute atomic E-state index is 11.7. The van der Waals surface area contributed by atoms with E-state index in [0.717, 1.165) is 61.5 Å². The summed E-state index contributed by atoms with van der Waals surface area (Å²) in [6.07, 6.45) is 2.06. The van der Waals surface area contributed by atoms with Crippen molar-refractivity contribution in [3.63, 3.8) is 0 Å². The van der Waals surface area contributed by atoms with Crippen LogP contribution in [0, 0.1) is 17.8 Å². The molecule has 7 aromatic carbocycles. The molecule has 0 saturated carbocycles. The van der Waals surface area contributed by atoms with Gasteiger partial charge in [0.2, 0.25) is 0 Å². The fraction of sp³-hybridized carbons (Fsp3) is 0.552. The Bertz CT molecular complexity index is 4670. The van der Waals surface area contributed by atoms with Gasteiger partial charge in [-0.2, -0.15) is 0 Å². The number of cyclic esters (lactones) is 4. The number of nitrogens with zero attached hydrogens (tertiary/aromatic N) is 10. The van der Waals surface area contributed by atoms with Crippen LogP contribution in [-0.4, -0.2) is 261 Å². The van der Waals surface area contributed by atoms with E-state index in [1.54, 1.807) is 21.6 Å². The second kappa shape index (κ2) is 61.7. The number of ether oxygens (including phenoxy) is 7. The average molecular weight is 2170 g/mol. The number of hydrogen-bond acceptors (Lipinski definition) is 20. The molecule has 4 amide bonds. The summed E-state index contributed by atoms with van der Waals surface area (Å²) >= 11 is 37.1. The van der Waals surface area contributed by atoms with Crippen LogP contribution in [0.15, 0.2) is 212 Å². The Balaban J connectivity index is 0.000000220. The van der Waals surface area contributed by atoms with Gasteiger partial charge in [-0.05, 0) is 258 Å². The Kier molecular flexibility index (Phi) is 52.5. The molecule has 10 heterocycles. The number of benzene rings is 7. The first-order chi connectivity index (χ1) is 68.9. The zero-order valence-corrected chi connectivity index (χ0v) is 98.0. The summed E-state index contributed by atoms with van der Waals surface area (Å²) in [5, 5.41) is 1.94. The molecule has 0 N–H and O–H groups in total. The number of carbonyl (C=O) groups excluding carboxylic acids is 4. The standard InChI is InChI=1S/2C13H17NO2.C13H17NOS.C13H17NS2.C12H15NO2.C12H15NOS.C12H15NS2.C9H17NO2.C9H17NOS.C9H17NS2.CH4/c1-9(2)14-10(3)12(16-13(14)15)11-7-5-4-6-8-11;1-10(2)14-12(9-16-13(14)15)8-11-6-4-3-5-7-11;1-10(2)14-12(9-15-13(14)16)8-11-6-4-3-5-7-11;1-10(2)14-12(9-16-13(14)15)8-11-6-4-3-5-7-11;1-9(2)13-11(8-15-12(13)14)10-6-4-3-5-7-10;1-9(2)13-11(8-14-12(13)15)10-6-4-3-5-7-10;1-9(2)13-11(8-15-12(13)14)10-6-4-3-5-7-10;1-6(2)8-5-12-9(11)10(8)7(3)4;1-6(2)8-5-11-9(12)10(8)7(3)4;1-6(2)8-5-12-9(11)10(8)7(3)4;/h4-10,12H,1-3H3;3*3-7,10,12H,8-9H2,1-2H3;3*3-7,9,11H,8H2,1-2H3;3*6-8H,5H2,1-4H3;1H4/t10-,12-;3*12-;3*11-;;;8-;/m0000111..1./s1. The molecule has 17 rings (SSSR count). The molecule has 802 valence electrons. The topological polar surface area (TPSA) is 165 Å². The van der Waals surface area contributed by atoms with Crippen molar-refractivity contribution >= 4 is 161 Å². The fourth-order valence-electron chi connectivity index (χ4n) is 19.2. The van der Waals surface area contributed by atoms with E-state index in [-0.39, 0.29) is 92.3 Å². The summed E-state index contributed by atoms with van der Waals surface area (Å²) in [6.45, 7) is 61.1. The normalized spacial score (nSPS) is 21.9. The van der Waals surface area contributed by atoms with Gasteiger partial charge in [-0.3, -0.25) is 19.6 Å². The zero-order chi connectivity index (χ0) is 107. The lowest BCUT2D eigenvalue weighted by Gasteiger charge is -2.31. The van der Waals surface area contributed by atoms with Gasteiger partial charge < -0.3 is 62.6 Å². The van der Waals surface area contributed by atoms with E-state index in [2.05, 4.69) is 275 Å². The van der Waals surface area contributed by atoms with E-state index in [1.807, 2.05) is 187 Å². The number of rotatable bonds is 23. The molecule has 21 nitrogen and oxygen atoms in total. The Morgan fingerprint density at radius 1 is 0.260 bits per heavy atom. The third kappa shape index (κ3) is 36.1. The second-order valence-electron chi connectivity index (χ2n) is 41.4. The van der Waals surface area contributed by atoms with Gasteiger partial charge >= 0.3 is 24.4 Å². The first-order valence-electron chi connectivity index (χ1n) is 51.7. The fourth-order valence-corrected chi connectivity index (χ4v) is 25.7. The molecule has 10 saturated heterocycles. The van der Waals surface area contributed by atoms with E-state index in [1.165, 1.54) is 33.6 Å². The Morgan fingerprint density at radius 2 is 0.548 bits per heavy atom. The lowest BCUT2D eigenvalue weighted by molar-refractivity contribution is 0.128. The van der Waals surface area contributed by atoms with Crippen LogP contribution in [0.1, 0.15) is 258 Å². The van der Waals surface area contributed by atoms with E-state index < -0.39 is 0 Å². The van der Waals surface area contributed by atoms with E-state index in [4.69, 9.17) is 106 Å². The summed E-state index contributed by atoms with van der Waals surface area (Å²) in [7, 11) is 0. The van der Waals surface area contributed by atoms with Crippen LogP contribution in [0.5, 0.6) is 0 Å². The van der Waals surface area contributed by atoms with Crippen molar-refractivity contribution in [2.75, 3.05) is 56.9 Å². The third-order valence-corrected chi connectivity index (χ3v) is 32.0. The SMILES string of the molecule is C.CC(C)C1COC(=O)N1C(C)C.CC(C)C1COC(=S)N1C(C)C.CC(C)N1C(=O)OC[C@@H]1Cc1ccccc1.CC(C)N1C(=O)OC[C@@H]1c1ccccc1.CC(C)N1C(=O)O[C@H](c2ccccc2)[C@@H]1C.CC(C)N1C(=S)OC[C@@H]1Cc1ccccc1.CC(C)N1C(=S)OC[C@@H]1c1ccccc1.CC(C)N1C(=S)SC[C@@H]1Cc1ccccc1.CC(C)N1C(=S)SC[C@@H]1c1ccccc1.CC(C)[C@H]1CSC(=S)N1C(C)C. The summed E-state index contributed by atoms with van der Waals surface area (Å²) in [6, 6.07) is 79.3. The molecule has 0 bridgehead atoms. The molecule has 0 spiro atoms. The van der Waals surface area contributed by atoms with Gasteiger partial charge in [-0.25, -0.2) is 19.2 Å². The summed E-state index contributed by atoms with van der Waals surface area (Å²) < 4.78 is 40.1. The number of thioether (sulfide) groups is 3. The number of hydrogen-bond donors (Lipinski definition) is 0. The second-order valence-corrected chi connectivity index (χ2v) is 47.4. The maximum atomic E-state index is 11.7. The van der Waals surface area contributed by atoms with Gasteiger partial charge in [-0.15, -0.1) is 0 Å². The molecule has 11 atom stereocenters. The maximum Gasteiger partial charge on any atom is 0.411 e. The van der Waals surface area contributed by atoms with Gasteiger partial charge in [0.1, 0.15) is 58.7 Å². The highest BCUT2D eigenvalue weighted by Gasteiger charge is 2.44. The molecule has 2 unspecified atom stereocenters. The predicted molar refractivity (Wildman–Crippen MR) is 632 cm³/mol. The van der Waals surface area contributed by atoms with Crippen molar-refractivity contribution in [3.05, 3.63) is 251 Å². The van der Waals surface area contributed by atoms with E-state index in [9.17, 15) is 19.2 Å². The van der Waals surface area contributed by atoms with E-state index in [0.29, 0.717) is 133 Å². The number of amides is 4. The van der Waals surface area contributed by atoms with Crippen molar-refractivity contribution in [2.24, 2.45) is 17.8 Å². The Hall–Kier alpha value is -8.59. The van der Waals surface area contributed by atoms with Gasteiger partial charge in [0.15, 0.2) is 0 Å². The van der Waals surface area contributed by atoms with Gasteiger partial charge in [-0.1, -0.05) is 333 Å². The van der Waals surface area contributed by atoms with Crippen LogP contribution >= 0.6 is 109 Å². The van der Waals surface area contributed by atoms with Crippen molar-refractivity contribution in [3.8, 4) is 0 Å². The molecular formula is C116H168N10O11S9. The minimum atomic E-state index is -0.212. The summed E-state index contributed by atoms with van der Waals surface area (Å²) in [5.41, 5.74) is 8.83. The minimum Gasteiger partial charge on any atom is -0.469 e. The Morgan fingerprint density at radius 3 is 0.945 bits per heavy atom. The minimum absolute atomic E-state index is 0. The predicted octanol–water partition coefficient (Wildman–Crippen LogP) is 27.5. The van der Waals surface area contributed by atoms with E-state index >= 15 is 0 Å². The van der Waals surface area contributed by atoms with Crippen molar-refractivity contribution in [1.82, 2.24) is 49.0 Å². The largest absolute Gasteiger partial charge is 0.469 e. The molecule has 10 aliphatic heterocycles. The van der Waals surface area contributed by atoms with Crippen LogP contribution in [0.25, 0.3) is 0 Å². The van der Waals surface area contributed by atoms with Crippen LogP contribution in [0.4, 0.5) is 19.2 Å². The molecule has 0 aromatic heterocycles. The monoisotopic (exact) mass is 2170 g/mol. The molecule has 30 heteroatoms. The first kappa shape index (κ1) is 124. The average Bonchev–Trinajstić information content (AvgIpc) is 1.64.